The second kappa shape index (κ2) is 8.78. The summed E-state index contributed by atoms with van der Waals surface area (Å²) in [5.74, 6) is 0.282. The van der Waals surface area contributed by atoms with Gasteiger partial charge in [0.15, 0.2) is 0 Å². The third kappa shape index (κ3) is 6.47. The number of rotatable bonds is 9. The van der Waals surface area contributed by atoms with Crippen molar-refractivity contribution in [1.29, 1.82) is 0 Å². The Hall–Kier alpha value is -1.26. The van der Waals surface area contributed by atoms with Gasteiger partial charge >= 0.3 is 5.97 Å². The van der Waals surface area contributed by atoms with Gasteiger partial charge in [-0.25, -0.2) is 0 Å². The van der Waals surface area contributed by atoms with E-state index in [2.05, 4.69) is 29.2 Å². The second-order valence-corrected chi connectivity index (χ2v) is 4.87. The molecule has 0 saturated carbocycles. The standard InChI is InChI=1S/C12H24N4O2/c1-5-18-11(17)12(4,7-6-10(2)3)14-8-9-15-16-13/h10,14H,5-9H2,1-4H3. The third-order valence-electron chi connectivity index (χ3n) is 2.74. The molecular weight excluding hydrogens is 232 g/mol. The summed E-state index contributed by atoms with van der Waals surface area (Å²) in [5, 5.41) is 6.57. The van der Waals surface area contributed by atoms with Crippen LogP contribution in [-0.2, 0) is 9.53 Å². The van der Waals surface area contributed by atoms with Gasteiger partial charge in [0.1, 0.15) is 5.54 Å². The molecule has 0 rings (SSSR count). The lowest BCUT2D eigenvalue weighted by molar-refractivity contribution is -0.150. The van der Waals surface area contributed by atoms with Crippen molar-refractivity contribution in [2.24, 2.45) is 11.0 Å². The minimum Gasteiger partial charge on any atom is -0.465 e. The maximum atomic E-state index is 12.0. The average molecular weight is 256 g/mol. The quantitative estimate of drug-likeness (QED) is 0.226. The monoisotopic (exact) mass is 256 g/mol. The summed E-state index contributed by atoms with van der Waals surface area (Å²) >= 11 is 0. The van der Waals surface area contributed by atoms with E-state index in [1.807, 2.05) is 6.92 Å². The van der Waals surface area contributed by atoms with Crippen molar-refractivity contribution in [1.82, 2.24) is 5.32 Å². The normalized spacial score (nSPS) is 13.8. The minimum atomic E-state index is -0.703. The van der Waals surface area contributed by atoms with E-state index in [0.717, 1.165) is 6.42 Å². The predicted molar refractivity (Wildman–Crippen MR) is 71.1 cm³/mol. The molecule has 0 amide bonds. The zero-order valence-electron chi connectivity index (χ0n) is 11.8. The number of ether oxygens (including phenoxy) is 1. The van der Waals surface area contributed by atoms with Crippen molar-refractivity contribution < 1.29 is 9.53 Å². The number of carbonyl (C=O) groups excluding carboxylic acids is 1. The van der Waals surface area contributed by atoms with E-state index in [1.165, 1.54) is 0 Å². The smallest absolute Gasteiger partial charge is 0.326 e. The maximum Gasteiger partial charge on any atom is 0.326 e. The molecule has 0 aromatic rings. The first-order chi connectivity index (χ1) is 8.46. The van der Waals surface area contributed by atoms with Crippen LogP contribution in [0, 0.1) is 5.92 Å². The summed E-state index contributed by atoms with van der Waals surface area (Å²) in [4.78, 5) is 14.6. The van der Waals surface area contributed by atoms with Crippen molar-refractivity contribution in [2.75, 3.05) is 19.7 Å². The largest absolute Gasteiger partial charge is 0.465 e. The molecule has 1 N–H and O–H groups in total. The Labute approximate surface area is 109 Å². The van der Waals surface area contributed by atoms with Crippen LogP contribution < -0.4 is 5.32 Å². The molecule has 0 radical (unpaired) electrons. The van der Waals surface area contributed by atoms with Crippen molar-refractivity contribution in [2.45, 2.75) is 46.1 Å². The molecule has 18 heavy (non-hydrogen) atoms. The number of carbonyl (C=O) groups is 1. The number of esters is 1. The number of nitrogens with one attached hydrogen (secondary N) is 1. The highest BCUT2D eigenvalue weighted by Crippen LogP contribution is 2.18. The van der Waals surface area contributed by atoms with E-state index in [4.69, 9.17) is 10.3 Å². The minimum absolute atomic E-state index is 0.244. The highest BCUT2D eigenvalue weighted by Gasteiger charge is 2.33. The summed E-state index contributed by atoms with van der Waals surface area (Å²) in [7, 11) is 0. The Balaban J connectivity index is 4.47. The van der Waals surface area contributed by atoms with Crippen LogP contribution >= 0.6 is 0 Å². The molecular formula is C12H24N4O2. The molecule has 0 aliphatic rings. The van der Waals surface area contributed by atoms with Crippen LogP contribution in [0.2, 0.25) is 0 Å². The molecule has 1 atom stereocenters. The van der Waals surface area contributed by atoms with Crippen LogP contribution in [0.4, 0.5) is 0 Å². The highest BCUT2D eigenvalue weighted by atomic mass is 16.5. The third-order valence-corrected chi connectivity index (χ3v) is 2.74. The van der Waals surface area contributed by atoms with Gasteiger partial charge in [-0.15, -0.1) is 0 Å². The molecule has 6 heteroatoms. The van der Waals surface area contributed by atoms with Crippen LogP contribution in [0.5, 0.6) is 0 Å². The topological polar surface area (TPSA) is 87.1 Å². The zero-order valence-corrected chi connectivity index (χ0v) is 11.8. The molecule has 1 unspecified atom stereocenters. The number of nitrogens with zero attached hydrogens (tertiary/aromatic N) is 3. The first kappa shape index (κ1) is 16.7. The summed E-state index contributed by atoms with van der Waals surface area (Å²) in [6.07, 6.45) is 1.64. The fraction of sp³-hybridized carbons (Fsp3) is 0.917. The highest BCUT2D eigenvalue weighted by molar-refractivity contribution is 5.80. The van der Waals surface area contributed by atoms with E-state index in [-0.39, 0.29) is 5.97 Å². The number of hydrogen-bond acceptors (Lipinski definition) is 4. The zero-order chi connectivity index (χ0) is 14.0. The molecule has 0 aromatic carbocycles. The van der Waals surface area contributed by atoms with Gasteiger partial charge < -0.3 is 10.1 Å². The van der Waals surface area contributed by atoms with Gasteiger partial charge in [-0.1, -0.05) is 19.0 Å². The molecule has 0 bridgehead atoms. The lowest BCUT2D eigenvalue weighted by Gasteiger charge is -2.29. The molecule has 0 fully saturated rings. The molecule has 0 aromatic heterocycles. The Kier molecular flexibility index (Phi) is 8.16. The Bertz CT molecular complexity index is 300. The summed E-state index contributed by atoms with van der Waals surface area (Å²) in [6, 6.07) is 0. The molecule has 104 valence electrons. The van der Waals surface area contributed by atoms with Gasteiger partial charge in [-0.05, 0) is 38.1 Å². The first-order valence-corrected chi connectivity index (χ1v) is 6.39. The van der Waals surface area contributed by atoms with E-state index in [0.29, 0.717) is 32.0 Å². The fourth-order valence-corrected chi connectivity index (χ4v) is 1.56. The SMILES string of the molecule is CCOC(=O)C(C)(CCC(C)C)NCCN=[N+]=[N-]. The lowest BCUT2D eigenvalue weighted by atomic mass is 9.92. The van der Waals surface area contributed by atoms with Crippen molar-refractivity contribution in [3.63, 3.8) is 0 Å². The van der Waals surface area contributed by atoms with Gasteiger partial charge in [0.2, 0.25) is 0 Å². The fourth-order valence-electron chi connectivity index (χ4n) is 1.56. The Morgan fingerprint density at radius 2 is 2.22 bits per heavy atom. The summed E-state index contributed by atoms with van der Waals surface area (Å²) in [6.45, 7) is 9.03. The first-order valence-electron chi connectivity index (χ1n) is 6.39. The van der Waals surface area contributed by atoms with Crippen LogP contribution in [0.3, 0.4) is 0 Å². The van der Waals surface area contributed by atoms with E-state index in [9.17, 15) is 4.79 Å². The van der Waals surface area contributed by atoms with Crippen LogP contribution in [0.25, 0.3) is 10.4 Å². The van der Waals surface area contributed by atoms with E-state index in [1.54, 1.807) is 6.92 Å². The molecule has 0 aliphatic carbocycles. The predicted octanol–water partition coefficient (Wildman–Crippen LogP) is 2.64. The van der Waals surface area contributed by atoms with Crippen molar-refractivity contribution in [3.8, 4) is 0 Å². The summed E-state index contributed by atoms with van der Waals surface area (Å²) in [5.41, 5.74) is 7.50. The average Bonchev–Trinajstić information content (AvgIpc) is 2.32. The molecule has 0 heterocycles. The van der Waals surface area contributed by atoms with Gasteiger partial charge in [0, 0.05) is 18.0 Å². The van der Waals surface area contributed by atoms with Crippen LogP contribution in [0.1, 0.15) is 40.5 Å². The van der Waals surface area contributed by atoms with Gasteiger partial charge in [0.25, 0.3) is 0 Å². The Morgan fingerprint density at radius 1 is 1.56 bits per heavy atom. The van der Waals surface area contributed by atoms with Crippen LogP contribution in [-0.4, -0.2) is 31.2 Å². The second-order valence-electron chi connectivity index (χ2n) is 4.87. The van der Waals surface area contributed by atoms with E-state index < -0.39 is 5.54 Å². The lowest BCUT2D eigenvalue weighted by Crippen LogP contribution is -2.51. The Morgan fingerprint density at radius 3 is 2.72 bits per heavy atom. The van der Waals surface area contributed by atoms with Gasteiger partial charge in [0.05, 0.1) is 6.61 Å². The van der Waals surface area contributed by atoms with Crippen molar-refractivity contribution >= 4 is 5.97 Å². The number of azide groups is 1. The van der Waals surface area contributed by atoms with Gasteiger partial charge in [-0.3, -0.25) is 4.79 Å². The van der Waals surface area contributed by atoms with Crippen LogP contribution in [0.15, 0.2) is 5.11 Å². The molecule has 0 aliphatic heterocycles. The molecule has 0 spiro atoms. The maximum absolute atomic E-state index is 12.0. The number of hydrogen-bond donors (Lipinski definition) is 1. The van der Waals surface area contributed by atoms with Crippen molar-refractivity contribution in [3.05, 3.63) is 10.4 Å². The summed E-state index contributed by atoms with van der Waals surface area (Å²) < 4.78 is 5.09. The van der Waals surface area contributed by atoms with Gasteiger partial charge in [-0.2, -0.15) is 0 Å². The molecule has 6 nitrogen and oxygen atoms in total. The van der Waals surface area contributed by atoms with E-state index >= 15 is 0 Å². The molecule has 0 saturated heterocycles.